The maximum Gasteiger partial charge on any atom is 0.287 e. The largest absolute Gasteiger partial charge is 0.459 e. The molecular weight excluding hydrogens is 194 g/mol. The van der Waals surface area contributed by atoms with Gasteiger partial charge >= 0.3 is 0 Å². The second-order valence-corrected chi connectivity index (χ2v) is 3.79. The Balaban J connectivity index is 1.88. The van der Waals surface area contributed by atoms with E-state index in [1.165, 1.54) is 6.26 Å². The van der Waals surface area contributed by atoms with E-state index in [9.17, 15) is 4.79 Å². The topological polar surface area (TPSA) is 51.5 Å². The maximum atomic E-state index is 11.6. The summed E-state index contributed by atoms with van der Waals surface area (Å²) in [5.74, 6) is 0.169. The van der Waals surface area contributed by atoms with Crippen molar-refractivity contribution in [3.05, 3.63) is 24.2 Å². The van der Waals surface area contributed by atoms with Gasteiger partial charge in [0.05, 0.1) is 18.4 Å². The number of carbonyl (C=O) groups excluding carboxylic acids is 1. The first kappa shape index (κ1) is 10.2. The highest BCUT2D eigenvalue weighted by atomic mass is 16.5. The van der Waals surface area contributed by atoms with E-state index < -0.39 is 0 Å². The van der Waals surface area contributed by atoms with E-state index in [0.717, 1.165) is 19.4 Å². The molecule has 0 spiro atoms. The Bertz CT molecular complexity index is 315. The summed E-state index contributed by atoms with van der Waals surface area (Å²) in [5, 5.41) is 2.87. The molecule has 1 amide bonds. The normalized spacial score (nSPS) is 22.6. The standard InChI is InChI=1S/C11H15NO3/c1-8(9-4-2-6-14-9)12-11(13)10-5-3-7-15-10/h3,5,7-9H,2,4,6H2,1H3,(H,12,13)/t8-,9+/m1/s1. The fourth-order valence-electron chi connectivity index (χ4n) is 1.78. The lowest BCUT2D eigenvalue weighted by Crippen LogP contribution is -2.40. The van der Waals surface area contributed by atoms with Crippen molar-refractivity contribution in [2.75, 3.05) is 6.61 Å². The maximum absolute atomic E-state index is 11.6. The van der Waals surface area contributed by atoms with Gasteiger partial charge in [0.2, 0.25) is 0 Å². The highest BCUT2D eigenvalue weighted by Crippen LogP contribution is 2.15. The van der Waals surface area contributed by atoms with Crippen molar-refractivity contribution in [2.24, 2.45) is 0 Å². The van der Waals surface area contributed by atoms with E-state index in [1.54, 1.807) is 12.1 Å². The van der Waals surface area contributed by atoms with E-state index >= 15 is 0 Å². The van der Waals surface area contributed by atoms with Crippen LogP contribution in [0.1, 0.15) is 30.3 Å². The minimum Gasteiger partial charge on any atom is -0.459 e. The fourth-order valence-corrected chi connectivity index (χ4v) is 1.78. The second kappa shape index (κ2) is 4.49. The van der Waals surface area contributed by atoms with Crippen molar-refractivity contribution in [3.8, 4) is 0 Å². The van der Waals surface area contributed by atoms with Crippen molar-refractivity contribution < 1.29 is 13.9 Å². The summed E-state index contributed by atoms with van der Waals surface area (Å²) in [6.45, 7) is 2.75. The lowest BCUT2D eigenvalue weighted by molar-refractivity contribution is 0.0696. The van der Waals surface area contributed by atoms with Gasteiger partial charge in [-0.25, -0.2) is 0 Å². The van der Waals surface area contributed by atoms with Crippen LogP contribution in [0.2, 0.25) is 0 Å². The first-order valence-electron chi connectivity index (χ1n) is 5.23. The van der Waals surface area contributed by atoms with E-state index in [0.29, 0.717) is 5.76 Å². The van der Waals surface area contributed by atoms with Gasteiger partial charge in [0.25, 0.3) is 5.91 Å². The Morgan fingerprint density at radius 2 is 2.53 bits per heavy atom. The molecule has 1 saturated heterocycles. The van der Waals surface area contributed by atoms with Crippen molar-refractivity contribution in [2.45, 2.75) is 31.9 Å². The van der Waals surface area contributed by atoms with E-state index in [4.69, 9.17) is 9.15 Å². The number of carbonyl (C=O) groups is 1. The van der Waals surface area contributed by atoms with Gasteiger partial charge in [0.1, 0.15) is 0 Å². The van der Waals surface area contributed by atoms with Gasteiger partial charge in [-0.2, -0.15) is 0 Å². The number of ether oxygens (including phenoxy) is 1. The predicted octanol–water partition coefficient (Wildman–Crippen LogP) is 1.58. The number of hydrogen-bond acceptors (Lipinski definition) is 3. The predicted molar refractivity (Wildman–Crippen MR) is 54.6 cm³/mol. The molecular formula is C11H15NO3. The Labute approximate surface area is 88.6 Å². The van der Waals surface area contributed by atoms with E-state index in [2.05, 4.69) is 5.32 Å². The molecule has 1 fully saturated rings. The van der Waals surface area contributed by atoms with Crippen molar-refractivity contribution in [1.82, 2.24) is 5.32 Å². The molecule has 0 aromatic carbocycles. The molecule has 0 bridgehead atoms. The van der Waals surface area contributed by atoms with Crippen LogP contribution in [0, 0.1) is 0 Å². The molecule has 1 aliphatic rings. The third kappa shape index (κ3) is 2.39. The lowest BCUT2D eigenvalue weighted by atomic mass is 10.1. The van der Waals surface area contributed by atoms with Crippen molar-refractivity contribution in [3.63, 3.8) is 0 Å². The molecule has 0 unspecified atom stereocenters. The van der Waals surface area contributed by atoms with Gasteiger partial charge in [0, 0.05) is 6.61 Å². The zero-order valence-electron chi connectivity index (χ0n) is 8.73. The van der Waals surface area contributed by atoms with Crippen LogP contribution >= 0.6 is 0 Å². The van der Waals surface area contributed by atoms with Crippen molar-refractivity contribution >= 4 is 5.91 Å². The summed E-state index contributed by atoms with van der Waals surface area (Å²) in [4.78, 5) is 11.6. The van der Waals surface area contributed by atoms with Crippen LogP contribution in [0.5, 0.6) is 0 Å². The third-order valence-electron chi connectivity index (χ3n) is 2.63. The molecule has 0 aliphatic carbocycles. The molecule has 2 heterocycles. The molecule has 4 nitrogen and oxygen atoms in total. The molecule has 0 radical (unpaired) electrons. The van der Waals surface area contributed by atoms with Crippen LogP contribution in [0.4, 0.5) is 0 Å². The van der Waals surface area contributed by atoms with Crippen LogP contribution in [-0.2, 0) is 4.74 Å². The Morgan fingerprint density at radius 1 is 1.67 bits per heavy atom. The highest BCUT2D eigenvalue weighted by Gasteiger charge is 2.24. The number of nitrogens with one attached hydrogen (secondary N) is 1. The quantitative estimate of drug-likeness (QED) is 0.822. The van der Waals surface area contributed by atoms with Gasteiger partial charge in [-0.15, -0.1) is 0 Å². The molecule has 0 saturated carbocycles. The zero-order chi connectivity index (χ0) is 10.7. The molecule has 4 heteroatoms. The van der Waals surface area contributed by atoms with Crippen LogP contribution < -0.4 is 5.32 Å². The molecule has 1 aliphatic heterocycles. The molecule has 1 aromatic heterocycles. The van der Waals surface area contributed by atoms with Crippen LogP contribution in [-0.4, -0.2) is 24.7 Å². The SMILES string of the molecule is C[C@@H](NC(=O)c1ccco1)[C@@H]1CCCO1. The molecule has 2 atom stereocenters. The number of hydrogen-bond donors (Lipinski definition) is 1. The Hall–Kier alpha value is -1.29. The Morgan fingerprint density at radius 3 is 3.13 bits per heavy atom. The number of furan rings is 1. The number of amides is 1. The molecule has 1 N–H and O–H groups in total. The minimum absolute atomic E-state index is 0.0325. The fraction of sp³-hybridized carbons (Fsp3) is 0.545. The van der Waals surface area contributed by atoms with Crippen molar-refractivity contribution in [1.29, 1.82) is 0 Å². The summed E-state index contributed by atoms with van der Waals surface area (Å²) in [7, 11) is 0. The molecule has 2 rings (SSSR count). The van der Waals surface area contributed by atoms with Gasteiger partial charge < -0.3 is 14.5 Å². The first-order chi connectivity index (χ1) is 7.27. The van der Waals surface area contributed by atoms with Crippen LogP contribution in [0.25, 0.3) is 0 Å². The molecule has 1 aromatic rings. The summed E-state index contributed by atoms with van der Waals surface area (Å²) in [6.07, 6.45) is 3.72. The van der Waals surface area contributed by atoms with Gasteiger partial charge in [-0.1, -0.05) is 0 Å². The molecule has 82 valence electrons. The van der Waals surface area contributed by atoms with Gasteiger partial charge in [0.15, 0.2) is 5.76 Å². The summed E-state index contributed by atoms with van der Waals surface area (Å²) in [6, 6.07) is 3.38. The van der Waals surface area contributed by atoms with Gasteiger partial charge in [-0.05, 0) is 31.9 Å². The van der Waals surface area contributed by atoms with Crippen LogP contribution in [0.15, 0.2) is 22.8 Å². The van der Waals surface area contributed by atoms with Gasteiger partial charge in [-0.3, -0.25) is 4.79 Å². The molecule has 15 heavy (non-hydrogen) atoms. The zero-order valence-corrected chi connectivity index (χ0v) is 8.73. The smallest absolute Gasteiger partial charge is 0.287 e. The summed E-state index contributed by atoms with van der Waals surface area (Å²) < 4.78 is 10.5. The summed E-state index contributed by atoms with van der Waals surface area (Å²) >= 11 is 0. The Kier molecular flexibility index (Phi) is 3.06. The average Bonchev–Trinajstić information content (AvgIpc) is 2.91. The average molecular weight is 209 g/mol. The highest BCUT2D eigenvalue weighted by molar-refractivity contribution is 5.91. The second-order valence-electron chi connectivity index (χ2n) is 3.79. The lowest BCUT2D eigenvalue weighted by Gasteiger charge is -2.19. The first-order valence-corrected chi connectivity index (χ1v) is 5.23. The minimum atomic E-state index is -0.178. The van der Waals surface area contributed by atoms with E-state index in [-0.39, 0.29) is 18.1 Å². The van der Waals surface area contributed by atoms with Crippen LogP contribution in [0.3, 0.4) is 0 Å². The monoisotopic (exact) mass is 209 g/mol. The third-order valence-corrected chi connectivity index (χ3v) is 2.63. The number of rotatable bonds is 3. The summed E-state index contributed by atoms with van der Waals surface area (Å²) in [5.41, 5.74) is 0. The van der Waals surface area contributed by atoms with E-state index in [1.807, 2.05) is 6.92 Å².